The molecule has 1 rings (SSSR count). The largest absolute Gasteiger partial charge is 0.480 e. The van der Waals surface area contributed by atoms with E-state index in [9.17, 15) is 14.4 Å². The van der Waals surface area contributed by atoms with Crippen molar-refractivity contribution in [3.8, 4) is 0 Å². The van der Waals surface area contributed by atoms with Gasteiger partial charge in [-0.3, -0.25) is 14.5 Å². The third-order valence-corrected chi connectivity index (χ3v) is 2.49. The van der Waals surface area contributed by atoms with Crippen LogP contribution in [0.2, 0.25) is 0 Å². The minimum Gasteiger partial charge on any atom is -0.480 e. The van der Waals surface area contributed by atoms with Gasteiger partial charge in [-0.05, 0) is 18.4 Å². The van der Waals surface area contributed by atoms with E-state index in [1.165, 1.54) is 0 Å². The summed E-state index contributed by atoms with van der Waals surface area (Å²) in [5, 5.41) is 12.2. The van der Waals surface area contributed by atoms with Crippen molar-refractivity contribution in [2.45, 2.75) is 31.7 Å². The number of hydrogen-bond donors (Lipinski definition) is 1. The molecule has 8 heteroatoms. The minimum absolute atomic E-state index is 0.0684. The zero-order valence-corrected chi connectivity index (χ0v) is 9.07. The molecular formula is C9H12N4O4. The van der Waals surface area contributed by atoms with Gasteiger partial charge in [0.15, 0.2) is 0 Å². The van der Waals surface area contributed by atoms with Gasteiger partial charge in [-0.15, -0.1) is 0 Å². The van der Waals surface area contributed by atoms with E-state index in [0.717, 1.165) is 4.90 Å². The monoisotopic (exact) mass is 240 g/mol. The van der Waals surface area contributed by atoms with Crippen LogP contribution >= 0.6 is 0 Å². The Morgan fingerprint density at radius 3 is 2.53 bits per heavy atom. The molecule has 8 nitrogen and oxygen atoms in total. The Bertz CT molecular complexity index is 372. The highest BCUT2D eigenvalue weighted by molar-refractivity contribution is 6.04. The van der Waals surface area contributed by atoms with Crippen molar-refractivity contribution in [2.24, 2.45) is 5.11 Å². The second-order valence-electron chi connectivity index (χ2n) is 3.61. The number of hydrogen-bond acceptors (Lipinski definition) is 4. The van der Waals surface area contributed by atoms with E-state index < -0.39 is 23.8 Å². The predicted molar refractivity (Wildman–Crippen MR) is 55.8 cm³/mol. The van der Waals surface area contributed by atoms with Crippen molar-refractivity contribution in [2.75, 3.05) is 6.54 Å². The van der Waals surface area contributed by atoms with E-state index in [1.54, 1.807) is 0 Å². The van der Waals surface area contributed by atoms with Gasteiger partial charge < -0.3 is 5.11 Å². The Morgan fingerprint density at radius 2 is 2.06 bits per heavy atom. The Balaban J connectivity index is 2.65. The highest BCUT2D eigenvalue weighted by Crippen LogP contribution is 2.18. The molecular weight excluding hydrogens is 228 g/mol. The summed E-state index contributed by atoms with van der Waals surface area (Å²) in [6, 6.07) is -1.15. The van der Waals surface area contributed by atoms with Crippen molar-refractivity contribution in [1.82, 2.24) is 4.90 Å². The van der Waals surface area contributed by atoms with Crippen molar-refractivity contribution in [3.63, 3.8) is 0 Å². The van der Waals surface area contributed by atoms with Crippen LogP contribution in [0.5, 0.6) is 0 Å². The normalized spacial score (nSPS) is 16.8. The number of carbonyl (C=O) groups excluding carboxylic acids is 2. The molecule has 1 fully saturated rings. The molecule has 0 aromatic carbocycles. The highest BCUT2D eigenvalue weighted by atomic mass is 16.4. The molecule has 0 aliphatic carbocycles. The smallest absolute Gasteiger partial charge is 0.326 e. The third kappa shape index (κ3) is 3.18. The number of carbonyl (C=O) groups is 3. The molecule has 0 saturated carbocycles. The molecule has 1 atom stereocenters. The van der Waals surface area contributed by atoms with Crippen molar-refractivity contribution in [3.05, 3.63) is 10.4 Å². The molecule has 17 heavy (non-hydrogen) atoms. The Kier molecular flexibility index (Phi) is 4.47. The maximum absolute atomic E-state index is 11.4. The quantitative estimate of drug-likeness (QED) is 0.241. The lowest BCUT2D eigenvalue weighted by Crippen LogP contribution is -2.44. The Labute approximate surface area is 96.8 Å². The van der Waals surface area contributed by atoms with Crippen molar-refractivity contribution in [1.29, 1.82) is 0 Å². The SMILES string of the molecule is [N-]=[N+]=NCCCC(C(=O)O)N1C(=O)CCC1=O. The van der Waals surface area contributed by atoms with Crippen LogP contribution < -0.4 is 0 Å². The molecule has 1 heterocycles. The summed E-state index contributed by atoms with van der Waals surface area (Å²) in [5.41, 5.74) is 8.06. The van der Waals surface area contributed by atoms with Crippen LogP contribution in [0.3, 0.4) is 0 Å². The van der Waals surface area contributed by atoms with E-state index in [2.05, 4.69) is 10.0 Å². The summed E-state index contributed by atoms with van der Waals surface area (Å²) in [6.45, 7) is 0.149. The van der Waals surface area contributed by atoms with E-state index in [4.69, 9.17) is 10.6 Å². The highest BCUT2D eigenvalue weighted by Gasteiger charge is 2.38. The average molecular weight is 240 g/mol. The van der Waals surface area contributed by atoms with Gasteiger partial charge in [0.05, 0.1) is 0 Å². The third-order valence-electron chi connectivity index (χ3n) is 2.49. The summed E-state index contributed by atoms with van der Waals surface area (Å²) in [6.07, 6.45) is 0.557. The first-order chi connectivity index (χ1) is 8.07. The number of likely N-dealkylation sites (tertiary alicyclic amines) is 1. The first kappa shape index (κ1) is 13.0. The summed E-state index contributed by atoms with van der Waals surface area (Å²) in [7, 11) is 0. The number of carboxylic acid groups (broad SMARTS) is 1. The van der Waals surface area contributed by atoms with Gasteiger partial charge in [0.2, 0.25) is 11.8 Å². The minimum atomic E-state index is -1.21. The standard InChI is InChI=1S/C9H12N4O4/c10-12-11-5-1-2-6(9(16)17)13-7(14)3-4-8(13)15/h6H,1-5H2,(H,16,17). The lowest BCUT2D eigenvalue weighted by atomic mass is 10.1. The fraction of sp³-hybridized carbons (Fsp3) is 0.667. The van der Waals surface area contributed by atoms with Crippen LogP contribution in [0.25, 0.3) is 10.4 Å². The molecule has 1 aliphatic heterocycles. The summed E-state index contributed by atoms with van der Waals surface area (Å²) < 4.78 is 0. The summed E-state index contributed by atoms with van der Waals surface area (Å²) in [4.78, 5) is 37.1. The lowest BCUT2D eigenvalue weighted by Gasteiger charge is -2.21. The zero-order valence-electron chi connectivity index (χ0n) is 9.07. The van der Waals surface area contributed by atoms with Crippen molar-refractivity contribution < 1.29 is 19.5 Å². The van der Waals surface area contributed by atoms with E-state index >= 15 is 0 Å². The predicted octanol–water partition coefficient (Wildman–Crippen LogP) is 0.679. The second kappa shape index (κ2) is 5.86. The molecule has 1 unspecified atom stereocenters. The number of rotatable bonds is 6. The fourth-order valence-corrected chi connectivity index (χ4v) is 1.70. The maximum Gasteiger partial charge on any atom is 0.326 e. The van der Waals surface area contributed by atoms with Gasteiger partial charge >= 0.3 is 5.97 Å². The van der Waals surface area contributed by atoms with Crippen LogP contribution in [0.15, 0.2) is 5.11 Å². The lowest BCUT2D eigenvalue weighted by molar-refractivity contribution is -0.154. The number of imide groups is 1. The number of amides is 2. The zero-order chi connectivity index (χ0) is 12.8. The molecule has 0 aromatic heterocycles. The van der Waals surface area contributed by atoms with Gasteiger partial charge in [0, 0.05) is 24.3 Å². The first-order valence-corrected chi connectivity index (χ1v) is 5.16. The number of nitrogens with zero attached hydrogens (tertiary/aromatic N) is 4. The summed E-state index contributed by atoms with van der Waals surface area (Å²) in [5.74, 6) is -2.12. The van der Waals surface area contributed by atoms with Gasteiger partial charge in [-0.25, -0.2) is 4.79 Å². The molecule has 2 amide bonds. The molecule has 0 bridgehead atoms. The number of azide groups is 1. The molecule has 0 aromatic rings. The van der Waals surface area contributed by atoms with Crippen molar-refractivity contribution >= 4 is 17.8 Å². The number of carboxylic acids is 1. The summed E-state index contributed by atoms with van der Waals surface area (Å²) >= 11 is 0. The van der Waals surface area contributed by atoms with Crippen LogP contribution in [-0.4, -0.2) is 40.4 Å². The van der Waals surface area contributed by atoms with Gasteiger partial charge in [-0.1, -0.05) is 5.11 Å². The maximum atomic E-state index is 11.4. The topological polar surface area (TPSA) is 123 Å². The second-order valence-corrected chi connectivity index (χ2v) is 3.61. The van der Waals surface area contributed by atoms with E-state index in [0.29, 0.717) is 6.42 Å². The molecule has 1 saturated heterocycles. The van der Waals surface area contributed by atoms with E-state index in [-0.39, 0.29) is 25.8 Å². The van der Waals surface area contributed by atoms with Crippen LogP contribution in [-0.2, 0) is 14.4 Å². The average Bonchev–Trinajstić information content (AvgIpc) is 2.59. The Morgan fingerprint density at radius 1 is 1.47 bits per heavy atom. The Hall–Kier alpha value is -2.08. The van der Waals surface area contributed by atoms with Gasteiger partial charge in [0.1, 0.15) is 6.04 Å². The van der Waals surface area contributed by atoms with Gasteiger partial charge in [-0.2, -0.15) is 0 Å². The van der Waals surface area contributed by atoms with Crippen LogP contribution in [0.1, 0.15) is 25.7 Å². The molecule has 92 valence electrons. The fourth-order valence-electron chi connectivity index (χ4n) is 1.70. The molecule has 0 spiro atoms. The molecule has 1 aliphatic rings. The first-order valence-electron chi connectivity index (χ1n) is 5.16. The van der Waals surface area contributed by atoms with Crippen LogP contribution in [0.4, 0.5) is 0 Å². The number of aliphatic carboxylic acids is 1. The van der Waals surface area contributed by atoms with Crippen LogP contribution in [0, 0.1) is 0 Å². The molecule has 0 radical (unpaired) electrons. The van der Waals surface area contributed by atoms with E-state index in [1.807, 2.05) is 0 Å². The van der Waals surface area contributed by atoms with Gasteiger partial charge in [0.25, 0.3) is 0 Å². The molecule has 1 N–H and O–H groups in total.